The van der Waals surface area contributed by atoms with E-state index < -0.39 is 46.5 Å². The van der Waals surface area contributed by atoms with Crippen LogP contribution in [-0.2, 0) is 9.53 Å². The van der Waals surface area contributed by atoms with Gasteiger partial charge in [0.1, 0.15) is 0 Å². The lowest BCUT2D eigenvalue weighted by atomic mass is 9.95. The molecule has 2 rings (SSSR count). The van der Waals surface area contributed by atoms with Crippen LogP contribution in [-0.4, -0.2) is 48.7 Å². The smallest absolute Gasteiger partial charge is 0.332 e. The quantitative estimate of drug-likeness (QED) is 0.117. The van der Waals surface area contributed by atoms with E-state index >= 15 is 0 Å². The lowest BCUT2D eigenvalue weighted by molar-refractivity contribution is -0.137. The molecule has 0 amide bonds. The number of ether oxygens (including phenoxy) is 1. The SMILES string of the molecule is CCOC(=O)C=CNCC(CNC1(CCO)CC1)C(=O)c1cc(F)c(F)c(F)c1F. The van der Waals surface area contributed by atoms with Gasteiger partial charge in [-0.1, -0.05) is 0 Å². The topological polar surface area (TPSA) is 87.7 Å². The Kier molecular flexibility index (Phi) is 8.36. The Morgan fingerprint density at radius 3 is 2.50 bits per heavy atom. The first-order valence-electron chi connectivity index (χ1n) is 9.54. The Labute approximate surface area is 171 Å². The Balaban J connectivity index is 2.15. The van der Waals surface area contributed by atoms with Gasteiger partial charge in [-0.25, -0.2) is 22.4 Å². The van der Waals surface area contributed by atoms with Gasteiger partial charge in [0.05, 0.1) is 18.1 Å². The second-order valence-electron chi connectivity index (χ2n) is 7.04. The molecule has 0 aliphatic heterocycles. The molecule has 0 radical (unpaired) electrons. The number of esters is 1. The van der Waals surface area contributed by atoms with E-state index in [9.17, 15) is 27.2 Å². The molecule has 1 aliphatic carbocycles. The minimum absolute atomic E-state index is 0.0130. The number of benzene rings is 1. The van der Waals surface area contributed by atoms with Gasteiger partial charge in [-0.15, -0.1) is 0 Å². The molecule has 30 heavy (non-hydrogen) atoms. The summed E-state index contributed by atoms with van der Waals surface area (Å²) in [5, 5.41) is 15.0. The Morgan fingerprint density at radius 2 is 1.90 bits per heavy atom. The summed E-state index contributed by atoms with van der Waals surface area (Å²) in [6.45, 7) is 1.67. The van der Waals surface area contributed by atoms with E-state index in [1.54, 1.807) is 6.92 Å². The molecule has 1 aliphatic rings. The largest absolute Gasteiger partial charge is 0.463 e. The van der Waals surface area contributed by atoms with Crippen molar-refractivity contribution in [2.45, 2.75) is 31.7 Å². The number of hydrogen-bond donors (Lipinski definition) is 3. The minimum Gasteiger partial charge on any atom is -0.463 e. The zero-order valence-corrected chi connectivity index (χ0v) is 16.4. The van der Waals surface area contributed by atoms with E-state index in [1.165, 1.54) is 6.20 Å². The number of ketones is 1. The van der Waals surface area contributed by atoms with Gasteiger partial charge < -0.3 is 20.5 Å². The average Bonchev–Trinajstić information content (AvgIpc) is 3.48. The predicted molar refractivity (Wildman–Crippen MR) is 99.5 cm³/mol. The Morgan fingerprint density at radius 1 is 1.20 bits per heavy atom. The molecule has 1 aromatic rings. The third-order valence-corrected chi connectivity index (χ3v) is 4.89. The molecule has 0 saturated heterocycles. The van der Waals surface area contributed by atoms with Crippen LogP contribution in [0.25, 0.3) is 0 Å². The summed E-state index contributed by atoms with van der Waals surface area (Å²) in [4.78, 5) is 24.1. The fourth-order valence-electron chi connectivity index (χ4n) is 2.98. The van der Waals surface area contributed by atoms with Crippen molar-refractivity contribution in [3.05, 3.63) is 47.2 Å². The van der Waals surface area contributed by atoms with Crippen LogP contribution in [0.5, 0.6) is 0 Å². The number of hydrogen-bond acceptors (Lipinski definition) is 6. The number of carbonyl (C=O) groups excluding carboxylic acids is 2. The van der Waals surface area contributed by atoms with Gasteiger partial charge in [0.25, 0.3) is 0 Å². The lowest BCUT2D eigenvalue weighted by Crippen LogP contribution is -2.41. The second kappa shape index (κ2) is 10.5. The molecule has 166 valence electrons. The molecule has 0 bridgehead atoms. The number of aliphatic hydroxyl groups excluding tert-OH is 1. The van der Waals surface area contributed by atoms with Gasteiger partial charge in [0.15, 0.2) is 29.1 Å². The van der Waals surface area contributed by atoms with Crippen molar-refractivity contribution in [1.29, 1.82) is 0 Å². The van der Waals surface area contributed by atoms with E-state index in [4.69, 9.17) is 9.84 Å². The van der Waals surface area contributed by atoms with Crippen LogP contribution in [0.2, 0.25) is 0 Å². The summed E-state index contributed by atoms with van der Waals surface area (Å²) >= 11 is 0. The van der Waals surface area contributed by atoms with Gasteiger partial charge in [-0.3, -0.25) is 4.79 Å². The van der Waals surface area contributed by atoms with Crippen molar-refractivity contribution < 1.29 is 37.0 Å². The van der Waals surface area contributed by atoms with Gasteiger partial charge in [-0.2, -0.15) is 0 Å². The maximum Gasteiger partial charge on any atom is 0.332 e. The summed E-state index contributed by atoms with van der Waals surface area (Å²) < 4.78 is 59.1. The third kappa shape index (κ3) is 6.02. The van der Waals surface area contributed by atoms with Gasteiger partial charge in [0, 0.05) is 37.5 Å². The number of aliphatic hydroxyl groups is 1. The van der Waals surface area contributed by atoms with E-state index in [1.807, 2.05) is 0 Å². The zero-order chi connectivity index (χ0) is 22.3. The molecule has 1 unspecified atom stereocenters. The monoisotopic (exact) mass is 432 g/mol. The van der Waals surface area contributed by atoms with Crippen LogP contribution in [0.3, 0.4) is 0 Å². The van der Waals surface area contributed by atoms with Crippen LogP contribution in [0.15, 0.2) is 18.3 Å². The van der Waals surface area contributed by atoms with Crippen molar-refractivity contribution in [1.82, 2.24) is 10.6 Å². The molecule has 1 saturated carbocycles. The van der Waals surface area contributed by atoms with E-state index in [-0.39, 0.29) is 31.8 Å². The average molecular weight is 432 g/mol. The third-order valence-electron chi connectivity index (χ3n) is 4.89. The first kappa shape index (κ1) is 23.8. The number of carbonyl (C=O) groups is 2. The summed E-state index contributed by atoms with van der Waals surface area (Å²) in [6.07, 6.45) is 4.33. The molecular formula is C20H24F4N2O4. The van der Waals surface area contributed by atoms with Crippen molar-refractivity contribution >= 4 is 11.8 Å². The van der Waals surface area contributed by atoms with Crippen molar-refractivity contribution in [2.75, 3.05) is 26.3 Å². The zero-order valence-electron chi connectivity index (χ0n) is 16.4. The fourth-order valence-corrected chi connectivity index (χ4v) is 2.98. The molecule has 1 atom stereocenters. The van der Waals surface area contributed by atoms with Crippen molar-refractivity contribution in [2.24, 2.45) is 5.92 Å². The molecule has 1 fully saturated rings. The normalized spacial score (nSPS) is 15.8. The maximum absolute atomic E-state index is 14.1. The summed E-state index contributed by atoms with van der Waals surface area (Å²) in [7, 11) is 0. The number of rotatable bonds is 12. The molecule has 6 nitrogen and oxygen atoms in total. The molecular weight excluding hydrogens is 408 g/mol. The van der Waals surface area contributed by atoms with Crippen LogP contribution in [0, 0.1) is 29.2 Å². The molecule has 1 aromatic carbocycles. The first-order valence-corrected chi connectivity index (χ1v) is 9.54. The molecule has 0 heterocycles. The highest BCUT2D eigenvalue weighted by Gasteiger charge is 2.42. The van der Waals surface area contributed by atoms with Crippen molar-refractivity contribution in [3.8, 4) is 0 Å². The van der Waals surface area contributed by atoms with E-state index in [0.29, 0.717) is 12.5 Å². The molecule has 0 aromatic heterocycles. The van der Waals surface area contributed by atoms with Crippen LogP contribution < -0.4 is 10.6 Å². The number of halogens is 4. The highest BCUT2D eigenvalue weighted by atomic mass is 19.2. The highest BCUT2D eigenvalue weighted by molar-refractivity contribution is 5.98. The van der Waals surface area contributed by atoms with Crippen LogP contribution in [0.4, 0.5) is 17.6 Å². The first-order chi connectivity index (χ1) is 14.2. The molecule has 0 spiro atoms. The fraction of sp³-hybridized carbons (Fsp3) is 0.500. The van der Waals surface area contributed by atoms with Crippen molar-refractivity contribution in [3.63, 3.8) is 0 Å². The second-order valence-corrected chi connectivity index (χ2v) is 7.04. The predicted octanol–water partition coefficient (Wildman–Crippen LogP) is 2.21. The standard InChI is InChI=1S/C20H24F4N2O4/c1-2-30-15(28)3-7-25-10-12(11-26-20(4-5-20)6-8-27)19(29)13-9-14(21)17(23)18(24)16(13)22/h3,7,9,12,25-27H,2,4-6,8,10-11H2,1H3. The Bertz CT molecular complexity index is 812. The summed E-state index contributed by atoms with van der Waals surface area (Å²) in [6, 6.07) is 0.331. The van der Waals surface area contributed by atoms with Gasteiger partial charge in [-0.05, 0) is 32.3 Å². The summed E-state index contributed by atoms with van der Waals surface area (Å²) in [5.41, 5.74) is -1.24. The highest BCUT2D eigenvalue weighted by Crippen LogP contribution is 2.38. The minimum atomic E-state index is -2.06. The van der Waals surface area contributed by atoms with E-state index in [2.05, 4.69) is 10.6 Å². The summed E-state index contributed by atoms with van der Waals surface area (Å²) in [5.74, 6) is -10.0. The number of nitrogens with one attached hydrogen (secondary N) is 2. The van der Waals surface area contributed by atoms with Gasteiger partial charge in [0.2, 0.25) is 0 Å². The lowest BCUT2D eigenvalue weighted by Gasteiger charge is -2.22. The van der Waals surface area contributed by atoms with Crippen LogP contribution in [0.1, 0.15) is 36.5 Å². The Hall–Kier alpha value is -2.46. The molecule has 3 N–H and O–H groups in total. The molecule has 10 heteroatoms. The van der Waals surface area contributed by atoms with E-state index in [0.717, 1.165) is 18.9 Å². The maximum atomic E-state index is 14.1. The van der Waals surface area contributed by atoms with Crippen LogP contribution >= 0.6 is 0 Å². The van der Waals surface area contributed by atoms with Gasteiger partial charge >= 0.3 is 5.97 Å². The number of Topliss-reactive ketones (excluding diaryl/α,β-unsaturated/α-hetero) is 1.